The molecule has 0 fully saturated rings. The van der Waals surface area contributed by atoms with Gasteiger partial charge in [0.05, 0.1) is 5.54 Å². The van der Waals surface area contributed by atoms with Crippen molar-refractivity contribution in [3.05, 3.63) is 34.3 Å². The zero-order valence-electron chi connectivity index (χ0n) is 11.0. The second-order valence-electron chi connectivity index (χ2n) is 4.75. The van der Waals surface area contributed by atoms with Crippen molar-refractivity contribution in [3.8, 4) is 0 Å². The van der Waals surface area contributed by atoms with Gasteiger partial charge in [0, 0.05) is 10.9 Å². The summed E-state index contributed by atoms with van der Waals surface area (Å²) in [5.41, 5.74) is 0.688. The molecule has 1 aromatic carbocycles. The lowest BCUT2D eigenvalue weighted by Crippen LogP contribution is -2.48. The standard InChI is InChI=1S/C14H20BrNO/c1-5-14(2,16(3)4)13(17)10-11-7-6-8-12(15)9-11/h6-9H,5,10H2,1-4H3. The largest absolute Gasteiger partial charge is 0.297 e. The molecule has 0 N–H and O–H groups in total. The predicted octanol–water partition coefficient (Wildman–Crippen LogP) is 3.29. The maximum absolute atomic E-state index is 12.4. The number of Topliss-reactive ketones (excluding diaryl/α,β-unsaturated/α-hetero) is 1. The van der Waals surface area contributed by atoms with Gasteiger partial charge in [-0.05, 0) is 45.1 Å². The minimum atomic E-state index is -0.373. The van der Waals surface area contributed by atoms with Crippen LogP contribution in [0.1, 0.15) is 25.8 Å². The van der Waals surface area contributed by atoms with Gasteiger partial charge in [-0.3, -0.25) is 9.69 Å². The summed E-state index contributed by atoms with van der Waals surface area (Å²) in [7, 11) is 3.92. The number of hydrogen-bond donors (Lipinski definition) is 0. The average molecular weight is 298 g/mol. The molecule has 0 aromatic heterocycles. The van der Waals surface area contributed by atoms with E-state index in [1.54, 1.807) is 0 Å². The van der Waals surface area contributed by atoms with E-state index in [4.69, 9.17) is 0 Å². The first kappa shape index (κ1) is 14.4. The van der Waals surface area contributed by atoms with Crippen molar-refractivity contribution in [3.63, 3.8) is 0 Å². The van der Waals surface area contributed by atoms with E-state index in [-0.39, 0.29) is 11.3 Å². The molecule has 3 heteroatoms. The normalized spacial score (nSPS) is 14.7. The van der Waals surface area contributed by atoms with Gasteiger partial charge in [0.1, 0.15) is 0 Å². The number of carbonyl (C=O) groups is 1. The molecule has 0 aliphatic carbocycles. The molecule has 0 bridgehead atoms. The Hall–Kier alpha value is -0.670. The van der Waals surface area contributed by atoms with Crippen LogP contribution in [0.3, 0.4) is 0 Å². The maximum Gasteiger partial charge on any atom is 0.157 e. The number of likely N-dealkylation sites (N-methyl/N-ethyl adjacent to an activating group) is 1. The van der Waals surface area contributed by atoms with E-state index < -0.39 is 0 Å². The van der Waals surface area contributed by atoms with Crippen LogP contribution in [0.4, 0.5) is 0 Å². The van der Waals surface area contributed by atoms with Crippen molar-refractivity contribution in [1.29, 1.82) is 0 Å². The molecular weight excluding hydrogens is 278 g/mol. The summed E-state index contributed by atoms with van der Waals surface area (Å²) in [4.78, 5) is 14.4. The van der Waals surface area contributed by atoms with E-state index in [1.807, 2.05) is 50.2 Å². The van der Waals surface area contributed by atoms with Gasteiger partial charge >= 0.3 is 0 Å². The summed E-state index contributed by atoms with van der Waals surface area (Å²) >= 11 is 3.43. The first-order valence-electron chi connectivity index (χ1n) is 5.85. The van der Waals surface area contributed by atoms with Crippen molar-refractivity contribution < 1.29 is 4.79 Å². The highest BCUT2D eigenvalue weighted by atomic mass is 79.9. The molecule has 0 radical (unpaired) electrons. The molecule has 1 rings (SSSR count). The van der Waals surface area contributed by atoms with Crippen LogP contribution in [0.15, 0.2) is 28.7 Å². The van der Waals surface area contributed by atoms with Crippen LogP contribution >= 0.6 is 15.9 Å². The molecule has 0 aliphatic heterocycles. The predicted molar refractivity (Wildman–Crippen MR) is 75.2 cm³/mol. The molecule has 1 atom stereocenters. The average Bonchev–Trinajstić information content (AvgIpc) is 2.27. The Morgan fingerprint density at radius 2 is 2.06 bits per heavy atom. The molecule has 1 aromatic rings. The van der Waals surface area contributed by atoms with Crippen LogP contribution in [-0.4, -0.2) is 30.3 Å². The Kier molecular flexibility index (Phi) is 4.90. The summed E-state index contributed by atoms with van der Waals surface area (Å²) in [6.07, 6.45) is 1.31. The van der Waals surface area contributed by atoms with E-state index in [1.165, 1.54) is 0 Å². The highest BCUT2D eigenvalue weighted by Gasteiger charge is 2.32. The molecule has 1 unspecified atom stereocenters. The summed E-state index contributed by atoms with van der Waals surface area (Å²) in [6, 6.07) is 7.93. The lowest BCUT2D eigenvalue weighted by molar-refractivity contribution is -0.128. The van der Waals surface area contributed by atoms with Crippen LogP contribution in [0, 0.1) is 0 Å². The Morgan fingerprint density at radius 1 is 1.41 bits per heavy atom. The quantitative estimate of drug-likeness (QED) is 0.831. The number of hydrogen-bond acceptors (Lipinski definition) is 2. The van der Waals surface area contributed by atoms with Gasteiger partial charge in [0.15, 0.2) is 5.78 Å². The van der Waals surface area contributed by atoms with Gasteiger partial charge in [-0.1, -0.05) is 35.0 Å². The maximum atomic E-state index is 12.4. The number of halogens is 1. The van der Waals surface area contributed by atoms with Crippen molar-refractivity contribution in [2.45, 2.75) is 32.2 Å². The number of nitrogens with zero attached hydrogens (tertiary/aromatic N) is 1. The summed E-state index contributed by atoms with van der Waals surface area (Å²) in [5, 5.41) is 0. The number of rotatable bonds is 5. The van der Waals surface area contributed by atoms with Gasteiger partial charge in [-0.25, -0.2) is 0 Å². The van der Waals surface area contributed by atoms with Gasteiger partial charge in [-0.15, -0.1) is 0 Å². The van der Waals surface area contributed by atoms with Crippen LogP contribution in [0.5, 0.6) is 0 Å². The molecule has 94 valence electrons. The third kappa shape index (κ3) is 3.39. The number of carbonyl (C=O) groups excluding carboxylic acids is 1. The Morgan fingerprint density at radius 3 is 2.53 bits per heavy atom. The highest BCUT2D eigenvalue weighted by Crippen LogP contribution is 2.21. The van der Waals surface area contributed by atoms with Crippen LogP contribution in [0.25, 0.3) is 0 Å². The molecular formula is C14H20BrNO. The number of benzene rings is 1. The van der Waals surface area contributed by atoms with Gasteiger partial charge in [-0.2, -0.15) is 0 Å². The fourth-order valence-corrected chi connectivity index (χ4v) is 2.23. The van der Waals surface area contributed by atoms with E-state index in [0.29, 0.717) is 6.42 Å². The Balaban J connectivity index is 2.85. The minimum Gasteiger partial charge on any atom is -0.297 e. The minimum absolute atomic E-state index is 0.267. The van der Waals surface area contributed by atoms with Crippen molar-refractivity contribution in [1.82, 2.24) is 4.90 Å². The highest BCUT2D eigenvalue weighted by molar-refractivity contribution is 9.10. The first-order chi connectivity index (χ1) is 7.90. The summed E-state index contributed by atoms with van der Waals surface area (Å²) in [5.74, 6) is 0.267. The fraction of sp³-hybridized carbons (Fsp3) is 0.500. The summed E-state index contributed by atoms with van der Waals surface area (Å²) in [6.45, 7) is 4.06. The SMILES string of the molecule is CCC(C)(C(=O)Cc1cccc(Br)c1)N(C)C. The van der Waals surface area contributed by atoms with Gasteiger partial charge in [0.25, 0.3) is 0 Å². The molecule has 0 heterocycles. The van der Waals surface area contributed by atoms with E-state index in [9.17, 15) is 4.79 Å². The van der Waals surface area contributed by atoms with Crippen LogP contribution < -0.4 is 0 Å². The molecule has 2 nitrogen and oxygen atoms in total. The monoisotopic (exact) mass is 297 g/mol. The molecule has 0 spiro atoms. The van der Waals surface area contributed by atoms with E-state index in [2.05, 4.69) is 22.9 Å². The van der Waals surface area contributed by atoms with Crippen LogP contribution in [-0.2, 0) is 11.2 Å². The Bertz CT molecular complexity index is 403. The zero-order valence-corrected chi connectivity index (χ0v) is 12.5. The Labute approximate surface area is 112 Å². The van der Waals surface area contributed by atoms with Crippen molar-refractivity contribution >= 4 is 21.7 Å². The topological polar surface area (TPSA) is 20.3 Å². The third-order valence-corrected chi connectivity index (χ3v) is 4.02. The zero-order chi connectivity index (χ0) is 13.1. The first-order valence-corrected chi connectivity index (χ1v) is 6.64. The molecule has 17 heavy (non-hydrogen) atoms. The molecule has 0 saturated carbocycles. The van der Waals surface area contributed by atoms with Gasteiger partial charge in [0.2, 0.25) is 0 Å². The summed E-state index contributed by atoms with van der Waals surface area (Å²) < 4.78 is 1.02. The van der Waals surface area contributed by atoms with Crippen molar-refractivity contribution in [2.24, 2.45) is 0 Å². The molecule has 0 amide bonds. The second-order valence-corrected chi connectivity index (χ2v) is 5.67. The van der Waals surface area contributed by atoms with Gasteiger partial charge < -0.3 is 0 Å². The van der Waals surface area contributed by atoms with Crippen LogP contribution in [0.2, 0.25) is 0 Å². The molecule has 0 aliphatic rings. The lowest BCUT2D eigenvalue weighted by Gasteiger charge is -2.34. The van der Waals surface area contributed by atoms with Crippen molar-refractivity contribution in [2.75, 3.05) is 14.1 Å². The number of ketones is 1. The van der Waals surface area contributed by atoms with E-state index in [0.717, 1.165) is 16.5 Å². The lowest BCUT2D eigenvalue weighted by atomic mass is 9.88. The second kappa shape index (κ2) is 5.78. The molecule has 0 saturated heterocycles. The third-order valence-electron chi connectivity index (χ3n) is 3.53. The smallest absolute Gasteiger partial charge is 0.157 e. The van der Waals surface area contributed by atoms with E-state index >= 15 is 0 Å². The fourth-order valence-electron chi connectivity index (χ4n) is 1.79.